The average molecular weight is 480 g/mol. The lowest BCUT2D eigenvalue weighted by Gasteiger charge is -2.35. The van der Waals surface area contributed by atoms with Crippen LogP contribution in [0.2, 0.25) is 5.02 Å². The fraction of sp³-hybridized carbons (Fsp3) is 0.227. The van der Waals surface area contributed by atoms with Gasteiger partial charge in [-0.1, -0.05) is 23.7 Å². The van der Waals surface area contributed by atoms with E-state index in [1.165, 1.54) is 4.90 Å². The molecule has 0 spiro atoms. The van der Waals surface area contributed by atoms with Gasteiger partial charge in [0.2, 0.25) is 0 Å². The Morgan fingerprint density at radius 2 is 1.73 bits per heavy atom. The molecule has 172 valence electrons. The van der Waals surface area contributed by atoms with Crippen LogP contribution < -0.4 is 4.90 Å². The third-order valence-corrected chi connectivity index (χ3v) is 5.69. The molecule has 2 aromatic carbocycles. The molecule has 0 N–H and O–H groups in total. The van der Waals surface area contributed by atoms with E-state index >= 15 is 0 Å². The molecule has 1 aromatic heterocycles. The second-order valence-electron chi connectivity index (χ2n) is 7.38. The van der Waals surface area contributed by atoms with Crippen LogP contribution in [0.1, 0.15) is 16.1 Å². The van der Waals surface area contributed by atoms with Crippen LogP contribution in [0.3, 0.4) is 0 Å². The number of carbonyl (C=O) groups is 1. The van der Waals surface area contributed by atoms with Crippen molar-refractivity contribution in [1.82, 2.24) is 4.90 Å². The van der Waals surface area contributed by atoms with Crippen LogP contribution in [0.25, 0.3) is 11.3 Å². The van der Waals surface area contributed by atoms with Crippen molar-refractivity contribution < 1.29 is 27.3 Å². The zero-order valence-electron chi connectivity index (χ0n) is 17.0. The molecule has 1 amide bonds. The number of alkyl halides is 3. The Balaban J connectivity index is 1.47. The van der Waals surface area contributed by atoms with E-state index < -0.39 is 22.4 Å². The number of carbonyl (C=O) groups excluding carboxylic acids is 1. The van der Waals surface area contributed by atoms with Gasteiger partial charge in [-0.2, -0.15) is 13.2 Å². The number of nitrogens with zero attached hydrogens (tertiary/aromatic N) is 3. The molecule has 0 atom stereocenters. The zero-order valence-corrected chi connectivity index (χ0v) is 17.8. The maximum atomic E-state index is 12.9. The van der Waals surface area contributed by atoms with Crippen molar-refractivity contribution >= 4 is 28.9 Å². The van der Waals surface area contributed by atoms with Gasteiger partial charge in [-0.05, 0) is 36.4 Å². The quantitative estimate of drug-likeness (QED) is 0.365. The molecule has 1 aliphatic heterocycles. The lowest BCUT2D eigenvalue weighted by molar-refractivity contribution is -0.384. The molecule has 0 bridgehead atoms. The maximum absolute atomic E-state index is 12.9. The number of furan rings is 1. The minimum atomic E-state index is -4.68. The predicted molar refractivity (Wildman–Crippen MR) is 115 cm³/mol. The number of nitro groups is 1. The molecule has 4 rings (SSSR count). The molecule has 33 heavy (non-hydrogen) atoms. The third kappa shape index (κ3) is 4.65. The van der Waals surface area contributed by atoms with E-state index in [0.717, 1.165) is 12.1 Å². The first-order chi connectivity index (χ1) is 15.6. The summed E-state index contributed by atoms with van der Waals surface area (Å²) in [6.07, 6.45) is -4.68. The van der Waals surface area contributed by atoms with Crippen LogP contribution in [0.4, 0.5) is 24.5 Å². The lowest BCUT2D eigenvalue weighted by Crippen LogP contribution is -2.48. The molecule has 0 unspecified atom stereocenters. The summed E-state index contributed by atoms with van der Waals surface area (Å²) in [6, 6.07) is 12.7. The van der Waals surface area contributed by atoms with E-state index in [1.807, 2.05) is 0 Å². The van der Waals surface area contributed by atoms with Gasteiger partial charge in [-0.15, -0.1) is 0 Å². The summed E-state index contributed by atoms with van der Waals surface area (Å²) < 4.78 is 44.5. The Labute approximate surface area is 191 Å². The van der Waals surface area contributed by atoms with Gasteiger partial charge in [-0.25, -0.2) is 0 Å². The van der Waals surface area contributed by atoms with Crippen molar-refractivity contribution in [3.8, 4) is 11.3 Å². The first-order valence-electron chi connectivity index (χ1n) is 9.90. The molecule has 1 aliphatic rings. The Bertz CT molecular complexity index is 1200. The molecular formula is C22H17ClF3N3O4. The van der Waals surface area contributed by atoms with Gasteiger partial charge in [0.15, 0.2) is 5.76 Å². The van der Waals surface area contributed by atoms with E-state index in [1.54, 1.807) is 41.3 Å². The molecule has 1 fully saturated rings. The fourth-order valence-electron chi connectivity index (χ4n) is 3.68. The molecule has 0 aliphatic carbocycles. The summed E-state index contributed by atoms with van der Waals surface area (Å²) in [7, 11) is 0. The maximum Gasteiger partial charge on any atom is 0.416 e. The molecule has 0 saturated carbocycles. The van der Waals surface area contributed by atoms with E-state index in [4.69, 9.17) is 16.0 Å². The van der Waals surface area contributed by atoms with Crippen LogP contribution in [0.15, 0.2) is 59.0 Å². The van der Waals surface area contributed by atoms with Crippen molar-refractivity contribution in [2.45, 2.75) is 6.18 Å². The monoisotopic (exact) mass is 479 g/mol. The van der Waals surface area contributed by atoms with Crippen molar-refractivity contribution in [2.24, 2.45) is 0 Å². The Kier molecular flexibility index (Phi) is 6.03. The number of amides is 1. The number of piperazine rings is 1. The van der Waals surface area contributed by atoms with Crippen LogP contribution >= 0.6 is 11.6 Å². The number of benzene rings is 2. The van der Waals surface area contributed by atoms with Crippen LogP contribution in [0.5, 0.6) is 0 Å². The van der Waals surface area contributed by atoms with Gasteiger partial charge in [0.1, 0.15) is 11.4 Å². The highest BCUT2D eigenvalue weighted by molar-refractivity contribution is 6.33. The summed E-state index contributed by atoms with van der Waals surface area (Å²) in [6.45, 7) is 0.879. The highest BCUT2D eigenvalue weighted by atomic mass is 35.5. The second kappa shape index (κ2) is 8.78. The molecule has 1 saturated heterocycles. The number of hydrogen-bond donors (Lipinski definition) is 0. The topological polar surface area (TPSA) is 79.8 Å². The smallest absolute Gasteiger partial charge is 0.416 e. The van der Waals surface area contributed by atoms with Gasteiger partial charge >= 0.3 is 6.18 Å². The van der Waals surface area contributed by atoms with Gasteiger partial charge in [-0.3, -0.25) is 14.9 Å². The van der Waals surface area contributed by atoms with E-state index in [2.05, 4.69) is 0 Å². The number of halogens is 4. The predicted octanol–water partition coefficient (Wildman–Crippen LogP) is 5.49. The first kappa shape index (κ1) is 22.7. The van der Waals surface area contributed by atoms with Crippen LogP contribution in [-0.4, -0.2) is 41.9 Å². The standard InChI is InChI=1S/C22H17ClF3N3O4/c23-16-4-2-1-3-15(16)19-7-8-20(33-19)21(30)28-11-9-27(10-12-28)17-6-5-14(22(24,25)26)13-18(17)29(31)32/h1-8,13H,9-12H2. The van der Waals surface area contributed by atoms with Crippen LogP contribution in [0, 0.1) is 10.1 Å². The van der Waals surface area contributed by atoms with Gasteiger partial charge in [0.25, 0.3) is 11.6 Å². The molecule has 2 heterocycles. The Morgan fingerprint density at radius 3 is 2.36 bits per heavy atom. The Morgan fingerprint density at radius 1 is 1.03 bits per heavy atom. The molecular weight excluding hydrogens is 463 g/mol. The highest BCUT2D eigenvalue weighted by Gasteiger charge is 2.34. The molecule has 7 nitrogen and oxygen atoms in total. The van der Waals surface area contributed by atoms with E-state index in [9.17, 15) is 28.1 Å². The molecule has 11 heteroatoms. The van der Waals surface area contributed by atoms with E-state index in [-0.39, 0.29) is 43.5 Å². The zero-order chi connectivity index (χ0) is 23.8. The van der Waals surface area contributed by atoms with Crippen molar-refractivity contribution in [3.63, 3.8) is 0 Å². The molecule has 3 aromatic rings. The summed E-state index contributed by atoms with van der Waals surface area (Å²) in [5.41, 5.74) is -0.976. The number of hydrogen-bond acceptors (Lipinski definition) is 5. The summed E-state index contributed by atoms with van der Waals surface area (Å²) in [5, 5.41) is 11.9. The highest BCUT2D eigenvalue weighted by Crippen LogP contribution is 2.37. The normalized spacial score (nSPS) is 14.4. The van der Waals surface area contributed by atoms with Gasteiger partial charge in [0, 0.05) is 37.8 Å². The largest absolute Gasteiger partial charge is 0.451 e. The average Bonchev–Trinajstić information content (AvgIpc) is 3.28. The second-order valence-corrected chi connectivity index (χ2v) is 7.79. The Hall–Kier alpha value is -3.53. The van der Waals surface area contributed by atoms with Crippen molar-refractivity contribution in [1.29, 1.82) is 0 Å². The minimum absolute atomic E-state index is 0.0825. The lowest BCUT2D eigenvalue weighted by atomic mass is 10.1. The van der Waals surface area contributed by atoms with Gasteiger partial charge in [0.05, 0.1) is 15.5 Å². The number of nitro benzene ring substituents is 1. The third-order valence-electron chi connectivity index (χ3n) is 5.36. The number of anilines is 1. The summed E-state index contributed by atoms with van der Waals surface area (Å²) >= 11 is 6.17. The van der Waals surface area contributed by atoms with E-state index in [0.29, 0.717) is 22.4 Å². The summed E-state index contributed by atoms with van der Waals surface area (Å²) in [4.78, 5) is 26.5. The van der Waals surface area contributed by atoms with Gasteiger partial charge < -0.3 is 14.2 Å². The van der Waals surface area contributed by atoms with Crippen LogP contribution in [-0.2, 0) is 6.18 Å². The van der Waals surface area contributed by atoms with Crippen molar-refractivity contribution in [3.05, 3.63) is 81.1 Å². The molecule has 0 radical (unpaired) electrons. The SMILES string of the molecule is O=C(c1ccc(-c2ccccc2Cl)o1)N1CCN(c2ccc(C(F)(F)F)cc2[N+](=O)[O-])CC1. The van der Waals surface area contributed by atoms with Crippen molar-refractivity contribution in [2.75, 3.05) is 31.1 Å². The first-order valence-corrected chi connectivity index (χ1v) is 10.3. The minimum Gasteiger partial charge on any atom is -0.451 e. The summed E-state index contributed by atoms with van der Waals surface area (Å²) in [5.74, 6) is 0.219. The fourth-order valence-corrected chi connectivity index (χ4v) is 3.91. The number of rotatable bonds is 4.